The zero-order chi connectivity index (χ0) is 8.15. The van der Waals surface area contributed by atoms with E-state index >= 15 is 0 Å². The molecule has 9 heteroatoms. The minimum absolute atomic E-state index is 1.69. The molecular weight excluding hydrogens is 190 g/mol. The van der Waals surface area contributed by atoms with Crippen LogP contribution in [-0.2, 0) is 22.7 Å². The molecule has 0 radical (unpaired) electrons. The van der Waals surface area contributed by atoms with E-state index in [1.54, 1.807) is 0 Å². The van der Waals surface area contributed by atoms with Crippen molar-refractivity contribution in [2.75, 3.05) is 0 Å². The van der Waals surface area contributed by atoms with Gasteiger partial charge in [0, 0.05) is 0 Å². The van der Waals surface area contributed by atoms with Crippen molar-refractivity contribution in [1.29, 1.82) is 0 Å². The summed E-state index contributed by atoms with van der Waals surface area (Å²) >= 11 is -6.46. The van der Waals surface area contributed by atoms with Gasteiger partial charge in [-0.2, -0.15) is 0 Å². The van der Waals surface area contributed by atoms with Gasteiger partial charge in [-0.25, -0.2) is 8.42 Å². The van der Waals surface area contributed by atoms with Gasteiger partial charge in [0.2, 0.25) is 0 Å². The molecule has 5 nitrogen and oxygen atoms in total. The van der Waals surface area contributed by atoms with Crippen molar-refractivity contribution in [3.63, 3.8) is 0 Å². The lowest BCUT2D eigenvalue weighted by atomic mass is 11.2. The Morgan fingerprint density at radius 2 is 1.40 bits per heavy atom. The van der Waals surface area contributed by atoms with Crippen molar-refractivity contribution in [2.45, 2.75) is 0 Å². The van der Waals surface area contributed by atoms with Gasteiger partial charge in [0.15, 0.2) is 0 Å². The van der Waals surface area contributed by atoms with Gasteiger partial charge in [-0.05, 0) is 6.03 Å². The third-order valence-corrected chi connectivity index (χ3v) is 0.899. The predicted molar refractivity (Wildman–Crippen MR) is 30.6 cm³/mol. The quantitative estimate of drug-likeness (QED) is 0.608. The average Bonchev–Trinajstić information content (AvgIpc) is 1.58. The molecule has 0 aromatic rings. The second-order valence-electron chi connectivity index (χ2n) is 0.878. The largest absolute Gasteiger partial charge is 0.559 e. The maximum atomic E-state index is 11.2. The van der Waals surface area contributed by atoms with E-state index < -0.39 is 28.8 Å². The van der Waals surface area contributed by atoms with Crippen LogP contribution in [0.4, 0.5) is 12.6 Å². The lowest BCUT2D eigenvalue weighted by Crippen LogP contribution is -1.93. The molecular formula is CF2N2O3S2-2. The smallest absolute Gasteiger partial charge is 0.130 e. The third kappa shape index (κ3) is 5.56. The van der Waals surface area contributed by atoms with E-state index in [1.165, 1.54) is 0 Å². The average molecular weight is 190 g/mol. The molecule has 0 spiro atoms. The minimum atomic E-state index is -3.23. The van der Waals surface area contributed by atoms with Crippen molar-refractivity contribution >= 4 is 28.8 Å². The fourth-order valence-corrected chi connectivity index (χ4v) is 0.518. The Morgan fingerprint density at radius 1 is 1.10 bits per heavy atom. The van der Waals surface area contributed by atoms with E-state index in [4.69, 9.17) is 0 Å². The summed E-state index contributed by atoms with van der Waals surface area (Å²) in [5, 5.41) is 0. The SMILES string of the molecule is O=C([N-]S(=O)F)[N-]S(=O)F. The number of halogens is 2. The Labute approximate surface area is 59.9 Å². The molecule has 0 aliphatic heterocycles. The molecule has 0 fully saturated rings. The van der Waals surface area contributed by atoms with Crippen molar-refractivity contribution in [1.82, 2.24) is 0 Å². The number of rotatable bonds is 2. The summed E-state index contributed by atoms with van der Waals surface area (Å²) in [6.07, 6.45) is 0. The molecule has 0 aromatic carbocycles. The van der Waals surface area contributed by atoms with Crippen LogP contribution in [0, 0.1) is 0 Å². The Balaban J connectivity index is 3.65. The summed E-state index contributed by atoms with van der Waals surface area (Å²) in [5.41, 5.74) is 0. The molecule has 0 heterocycles. The third-order valence-electron chi connectivity index (χ3n) is 0.300. The number of carbonyl (C=O) groups excluding carboxylic acids is 1. The van der Waals surface area contributed by atoms with Crippen molar-refractivity contribution in [2.24, 2.45) is 0 Å². The zero-order valence-electron chi connectivity index (χ0n) is 4.19. The van der Waals surface area contributed by atoms with Crippen LogP contribution in [0.3, 0.4) is 0 Å². The second kappa shape index (κ2) is 4.28. The van der Waals surface area contributed by atoms with Crippen LogP contribution in [0.15, 0.2) is 0 Å². The molecule has 0 saturated carbocycles. The van der Waals surface area contributed by atoms with Crippen LogP contribution in [0.25, 0.3) is 9.44 Å². The van der Waals surface area contributed by atoms with Gasteiger partial charge in [0.05, 0.1) is 0 Å². The number of carbonyl (C=O) groups is 1. The van der Waals surface area contributed by atoms with Gasteiger partial charge in [-0.3, -0.25) is 0 Å². The summed E-state index contributed by atoms with van der Waals surface area (Å²) < 4.78 is 45.4. The monoisotopic (exact) mass is 190 g/mol. The van der Waals surface area contributed by atoms with Gasteiger partial charge in [-0.15, -0.1) is 7.77 Å². The topological polar surface area (TPSA) is 79.4 Å². The molecule has 0 rings (SSSR count). The molecule has 0 aliphatic rings. The molecule has 0 aromatic heterocycles. The van der Waals surface area contributed by atoms with Crippen LogP contribution in [0.2, 0.25) is 0 Å². The molecule has 10 heavy (non-hydrogen) atoms. The van der Waals surface area contributed by atoms with E-state index in [9.17, 15) is 21.0 Å². The fraction of sp³-hybridized carbons (Fsp3) is 0. The summed E-state index contributed by atoms with van der Waals surface area (Å²) in [6.45, 7) is 0. The lowest BCUT2D eigenvalue weighted by molar-refractivity contribution is 0.266. The van der Waals surface area contributed by atoms with Crippen LogP contribution >= 0.6 is 0 Å². The molecule has 2 amide bonds. The maximum absolute atomic E-state index is 11.2. The van der Waals surface area contributed by atoms with Gasteiger partial charge < -0.3 is 14.2 Å². The first-order chi connectivity index (χ1) is 4.52. The van der Waals surface area contributed by atoms with E-state index in [1.807, 2.05) is 0 Å². The van der Waals surface area contributed by atoms with Crippen LogP contribution in [0.5, 0.6) is 0 Å². The Morgan fingerprint density at radius 3 is 1.60 bits per heavy atom. The summed E-state index contributed by atoms with van der Waals surface area (Å²) in [5.74, 6) is 0. The summed E-state index contributed by atoms with van der Waals surface area (Å²) in [4.78, 5) is 9.86. The first-order valence-electron chi connectivity index (χ1n) is 1.66. The summed E-state index contributed by atoms with van der Waals surface area (Å²) in [6, 6.07) is -1.69. The Hall–Kier alpha value is -0.570. The lowest BCUT2D eigenvalue weighted by Gasteiger charge is -2.21. The normalized spacial score (nSPS) is 15.4. The first kappa shape index (κ1) is 9.43. The fourth-order valence-electron chi connectivity index (χ4n) is 0.139. The molecule has 0 N–H and O–H groups in total. The number of nitrogens with zero attached hydrogens (tertiary/aromatic N) is 2. The van der Waals surface area contributed by atoms with Crippen LogP contribution < -0.4 is 0 Å². The van der Waals surface area contributed by atoms with E-state index in [2.05, 4.69) is 9.44 Å². The highest BCUT2D eigenvalue weighted by molar-refractivity contribution is 7.85. The molecule has 2 atom stereocenters. The first-order valence-corrected chi connectivity index (χ1v) is 3.67. The van der Waals surface area contributed by atoms with Crippen molar-refractivity contribution in [3.8, 4) is 0 Å². The van der Waals surface area contributed by atoms with E-state index in [0.717, 1.165) is 0 Å². The number of hydrogen-bond donors (Lipinski definition) is 0. The minimum Gasteiger partial charge on any atom is -0.559 e. The van der Waals surface area contributed by atoms with Gasteiger partial charge in [-0.1, -0.05) is 0 Å². The highest BCUT2D eigenvalue weighted by atomic mass is 32.2. The number of amides is 2. The van der Waals surface area contributed by atoms with Gasteiger partial charge in [0.25, 0.3) is 0 Å². The maximum Gasteiger partial charge on any atom is 0.130 e. The Kier molecular flexibility index (Phi) is 4.03. The van der Waals surface area contributed by atoms with E-state index in [0.29, 0.717) is 0 Å². The van der Waals surface area contributed by atoms with Gasteiger partial charge in [0.1, 0.15) is 22.7 Å². The molecule has 0 saturated heterocycles. The van der Waals surface area contributed by atoms with E-state index in [-0.39, 0.29) is 0 Å². The van der Waals surface area contributed by atoms with Crippen LogP contribution in [0.1, 0.15) is 0 Å². The zero-order valence-corrected chi connectivity index (χ0v) is 5.82. The molecule has 2 unspecified atom stereocenters. The number of hydrogen-bond acceptors (Lipinski definition) is 3. The summed E-state index contributed by atoms with van der Waals surface area (Å²) in [7, 11) is 0. The van der Waals surface area contributed by atoms with Crippen molar-refractivity contribution < 1.29 is 21.0 Å². The predicted octanol–water partition coefficient (Wildman–Crippen LogP) is 0.950. The Bertz CT molecular complexity index is 165. The molecule has 0 bridgehead atoms. The second-order valence-corrected chi connectivity index (χ2v) is 2.07. The standard InChI is InChI=1S/CHF2N2O3S2/c2-9(7)4-1(6)5-10(3)8/h(H-,4,5,6)/q-1/p-1. The highest BCUT2D eigenvalue weighted by Crippen LogP contribution is 2.07. The number of urea groups is 1. The highest BCUT2D eigenvalue weighted by Gasteiger charge is 1.81. The van der Waals surface area contributed by atoms with Crippen molar-refractivity contribution in [3.05, 3.63) is 9.44 Å². The molecule has 0 aliphatic carbocycles. The van der Waals surface area contributed by atoms with Crippen LogP contribution in [-0.4, -0.2) is 14.4 Å². The van der Waals surface area contributed by atoms with Gasteiger partial charge >= 0.3 is 0 Å². The molecule has 60 valence electrons.